The highest BCUT2D eigenvalue weighted by atomic mass is 32.2. The second kappa shape index (κ2) is 7.41. The van der Waals surface area contributed by atoms with Crippen LogP contribution in [-0.4, -0.2) is 33.4 Å². The third-order valence-electron chi connectivity index (χ3n) is 4.35. The Bertz CT molecular complexity index is 655. The summed E-state index contributed by atoms with van der Waals surface area (Å²) < 4.78 is 71.5. The van der Waals surface area contributed by atoms with E-state index in [9.17, 15) is 21.6 Å². The molecule has 1 saturated heterocycles. The van der Waals surface area contributed by atoms with Crippen LogP contribution < -0.4 is 4.72 Å². The zero-order chi connectivity index (χ0) is 18.0. The normalized spacial score (nSPS) is 21.6. The van der Waals surface area contributed by atoms with Crippen LogP contribution in [0.3, 0.4) is 0 Å². The lowest BCUT2D eigenvalue weighted by molar-refractivity contribution is -0.138. The first-order valence-electron chi connectivity index (χ1n) is 7.84. The fourth-order valence-corrected chi connectivity index (χ4v) is 4.63. The van der Waals surface area contributed by atoms with Gasteiger partial charge in [0.25, 0.3) is 0 Å². The molecule has 3 unspecified atom stereocenters. The second-order valence-electron chi connectivity index (χ2n) is 6.29. The number of ether oxygens (including phenoxy) is 1. The van der Waals surface area contributed by atoms with E-state index in [0.717, 1.165) is 6.07 Å². The van der Waals surface area contributed by atoms with Crippen LogP contribution in [-0.2, 0) is 20.9 Å². The van der Waals surface area contributed by atoms with Gasteiger partial charge in [-0.05, 0) is 36.8 Å². The lowest BCUT2D eigenvalue weighted by atomic mass is 9.91. The summed E-state index contributed by atoms with van der Waals surface area (Å²) in [6.07, 6.45) is -3.79. The van der Waals surface area contributed by atoms with Crippen LogP contribution in [0.25, 0.3) is 0 Å². The van der Waals surface area contributed by atoms with Crippen LogP contribution >= 0.6 is 0 Å². The van der Waals surface area contributed by atoms with Crippen molar-refractivity contribution in [3.63, 3.8) is 0 Å². The number of hydrogen-bond acceptors (Lipinski definition) is 3. The minimum absolute atomic E-state index is 0.0625. The Labute approximate surface area is 140 Å². The summed E-state index contributed by atoms with van der Waals surface area (Å²) >= 11 is 0. The van der Waals surface area contributed by atoms with Gasteiger partial charge in [-0.15, -0.1) is 0 Å². The molecule has 24 heavy (non-hydrogen) atoms. The summed E-state index contributed by atoms with van der Waals surface area (Å²) in [7, 11) is -3.58. The number of sulfonamides is 1. The van der Waals surface area contributed by atoms with E-state index in [1.165, 1.54) is 18.2 Å². The molecule has 0 radical (unpaired) electrons. The number of hydrogen-bond donors (Lipinski definition) is 1. The molecule has 1 fully saturated rings. The summed E-state index contributed by atoms with van der Waals surface area (Å²) in [5, 5.41) is 0. The van der Waals surface area contributed by atoms with Gasteiger partial charge < -0.3 is 4.74 Å². The maximum atomic E-state index is 13.1. The first-order valence-corrected chi connectivity index (χ1v) is 9.49. The van der Waals surface area contributed by atoms with E-state index in [1.807, 2.05) is 0 Å². The van der Waals surface area contributed by atoms with Gasteiger partial charge in [-0.2, -0.15) is 13.2 Å². The molecule has 3 atom stereocenters. The quantitative estimate of drug-likeness (QED) is 0.843. The van der Waals surface area contributed by atoms with Crippen molar-refractivity contribution in [2.24, 2.45) is 5.92 Å². The van der Waals surface area contributed by atoms with Gasteiger partial charge in [0.1, 0.15) is 0 Å². The van der Waals surface area contributed by atoms with E-state index in [1.54, 1.807) is 13.8 Å². The molecule has 2 rings (SSSR count). The summed E-state index contributed by atoms with van der Waals surface area (Å²) in [6.45, 7) is 4.13. The van der Waals surface area contributed by atoms with Gasteiger partial charge >= 0.3 is 6.18 Å². The molecule has 0 saturated carbocycles. The van der Waals surface area contributed by atoms with Gasteiger partial charge in [-0.3, -0.25) is 0 Å². The van der Waals surface area contributed by atoms with Gasteiger partial charge in [0.2, 0.25) is 10.0 Å². The minimum Gasteiger partial charge on any atom is -0.381 e. The smallest absolute Gasteiger partial charge is 0.381 e. The Morgan fingerprint density at radius 1 is 1.29 bits per heavy atom. The first-order chi connectivity index (χ1) is 11.1. The number of halogens is 3. The molecular formula is C16H22F3NO3S. The number of alkyl halides is 3. The summed E-state index contributed by atoms with van der Waals surface area (Å²) in [5.74, 6) is -0.741. The van der Waals surface area contributed by atoms with E-state index in [2.05, 4.69) is 4.72 Å². The standard InChI is InChI=1S/C16H22F3NO3S/c1-11(14-5-3-4-6-15(14)16(17,18)19)12(2)20-24(21,22)10-13-7-8-23-9-13/h3-6,11-13,20H,7-10H2,1-2H3. The Hall–Kier alpha value is -1.12. The SMILES string of the molecule is CC(NS(=O)(=O)CC1CCOC1)C(C)c1ccccc1C(F)(F)F. The van der Waals surface area contributed by atoms with E-state index in [4.69, 9.17) is 4.74 Å². The molecular weight excluding hydrogens is 343 g/mol. The fourth-order valence-electron chi connectivity index (χ4n) is 2.88. The van der Waals surface area contributed by atoms with Crippen molar-refractivity contribution in [2.45, 2.75) is 38.4 Å². The maximum Gasteiger partial charge on any atom is 0.416 e. The molecule has 1 aromatic carbocycles. The van der Waals surface area contributed by atoms with Crippen LogP contribution in [0.5, 0.6) is 0 Å². The highest BCUT2D eigenvalue weighted by Crippen LogP contribution is 2.36. The van der Waals surface area contributed by atoms with Crippen LogP contribution in [0.1, 0.15) is 37.3 Å². The van der Waals surface area contributed by atoms with E-state index < -0.39 is 33.7 Å². The van der Waals surface area contributed by atoms with Crippen molar-refractivity contribution in [1.82, 2.24) is 4.72 Å². The van der Waals surface area contributed by atoms with Crippen LogP contribution in [0.4, 0.5) is 13.2 Å². The average Bonchev–Trinajstić information content (AvgIpc) is 2.97. The zero-order valence-electron chi connectivity index (χ0n) is 13.6. The third-order valence-corrected chi connectivity index (χ3v) is 5.99. The van der Waals surface area contributed by atoms with E-state index in [0.29, 0.717) is 19.6 Å². The third kappa shape index (κ3) is 4.94. The van der Waals surface area contributed by atoms with Crippen molar-refractivity contribution in [3.8, 4) is 0 Å². The lowest BCUT2D eigenvalue weighted by Gasteiger charge is -2.25. The molecule has 136 valence electrons. The van der Waals surface area contributed by atoms with Crippen molar-refractivity contribution in [1.29, 1.82) is 0 Å². The van der Waals surface area contributed by atoms with Crippen LogP contribution in [0.2, 0.25) is 0 Å². The Morgan fingerprint density at radius 2 is 1.96 bits per heavy atom. The molecule has 0 bridgehead atoms. The van der Waals surface area contributed by atoms with Gasteiger partial charge in [-0.1, -0.05) is 25.1 Å². The second-order valence-corrected chi connectivity index (χ2v) is 8.09. The molecule has 1 aromatic rings. The van der Waals surface area contributed by atoms with Crippen molar-refractivity contribution >= 4 is 10.0 Å². The van der Waals surface area contributed by atoms with Crippen molar-refractivity contribution in [3.05, 3.63) is 35.4 Å². The Morgan fingerprint density at radius 3 is 2.54 bits per heavy atom. The molecule has 8 heteroatoms. The highest BCUT2D eigenvalue weighted by Gasteiger charge is 2.35. The maximum absolute atomic E-state index is 13.1. The zero-order valence-corrected chi connectivity index (χ0v) is 14.5. The van der Waals surface area contributed by atoms with Gasteiger partial charge in [0, 0.05) is 12.6 Å². The number of benzene rings is 1. The average molecular weight is 365 g/mol. The topological polar surface area (TPSA) is 55.4 Å². The van der Waals surface area contributed by atoms with Crippen LogP contribution in [0.15, 0.2) is 24.3 Å². The summed E-state index contributed by atoms with van der Waals surface area (Å²) in [4.78, 5) is 0. The van der Waals surface area contributed by atoms with Crippen molar-refractivity contribution < 1.29 is 26.3 Å². The molecule has 1 aliphatic heterocycles. The largest absolute Gasteiger partial charge is 0.416 e. The predicted molar refractivity (Wildman–Crippen MR) is 85.2 cm³/mol. The molecule has 1 heterocycles. The molecule has 0 amide bonds. The monoisotopic (exact) mass is 365 g/mol. The predicted octanol–water partition coefficient (Wildman–Crippen LogP) is 3.15. The van der Waals surface area contributed by atoms with Gasteiger partial charge in [0.15, 0.2) is 0 Å². The molecule has 1 N–H and O–H groups in total. The first kappa shape index (κ1) is 19.2. The van der Waals surface area contributed by atoms with Gasteiger partial charge in [-0.25, -0.2) is 13.1 Å². The minimum atomic E-state index is -4.47. The summed E-state index contributed by atoms with van der Waals surface area (Å²) in [5.41, 5.74) is -0.642. The van der Waals surface area contributed by atoms with Gasteiger partial charge in [0.05, 0.1) is 17.9 Å². The molecule has 0 aromatic heterocycles. The number of rotatable bonds is 6. The van der Waals surface area contributed by atoms with E-state index >= 15 is 0 Å². The molecule has 1 aliphatic rings. The number of nitrogens with one attached hydrogen (secondary N) is 1. The lowest BCUT2D eigenvalue weighted by Crippen LogP contribution is -2.39. The molecule has 0 spiro atoms. The molecule has 4 nitrogen and oxygen atoms in total. The van der Waals surface area contributed by atoms with Crippen molar-refractivity contribution in [2.75, 3.05) is 19.0 Å². The van der Waals surface area contributed by atoms with E-state index in [-0.39, 0.29) is 17.2 Å². The fraction of sp³-hybridized carbons (Fsp3) is 0.625. The molecule has 0 aliphatic carbocycles. The summed E-state index contributed by atoms with van der Waals surface area (Å²) in [6, 6.07) is 4.61. The highest BCUT2D eigenvalue weighted by molar-refractivity contribution is 7.89. The Kier molecular flexibility index (Phi) is 5.93. The van der Waals surface area contributed by atoms with Crippen LogP contribution in [0, 0.1) is 5.92 Å². The Balaban J connectivity index is 2.11.